The van der Waals surface area contributed by atoms with Crippen LogP contribution in [0.1, 0.15) is 20.8 Å². The topological polar surface area (TPSA) is 83.2 Å². The number of nitrogen functional groups attached to an aromatic ring is 1. The Labute approximate surface area is 121 Å². The van der Waals surface area contributed by atoms with Crippen LogP contribution in [0, 0.1) is 0 Å². The standard InChI is InChI=1S/C11H20F3N7/c1-4-20(5-2)9-16-8(19-15)17-10(18-9)21(6-3)7-11(12,13)14/h4-7,15H2,1-3H3,(H,16,17,18,19). The Morgan fingerprint density at radius 1 is 0.952 bits per heavy atom. The summed E-state index contributed by atoms with van der Waals surface area (Å²) in [4.78, 5) is 14.9. The summed E-state index contributed by atoms with van der Waals surface area (Å²) in [7, 11) is 0. The second kappa shape index (κ2) is 7.25. The van der Waals surface area contributed by atoms with Crippen molar-refractivity contribution in [2.24, 2.45) is 5.84 Å². The number of hydrogen-bond acceptors (Lipinski definition) is 7. The van der Waals surface area contributed by atoms with Crippen molar-refractivity contribution < 1.29 is 13.2 Å². The van der Waals surface area contributed by atoms with Crippen LogP contribution in [0.25, 0.3) is 0 Å². The maximum absolute atomic E-state index is 12.6. The zero-order valence-electron chi connectivity index (χ0n) is 12.3. The van der Waals surface area contributed by atoms with E-state index >= 15 is 0 Å². The third-order valence-corrected chi connectivity index (χ3v) is 2.82. The molecule has 21 heavy (non-hydrogen) atoms. The highest BCUT2D eigenvalue weighted by atomic mass is 19.4. The van der Waals surface area contributed by atoms with E-state index in [1.165, 1.54) is 0 Å². The fourth-order valence-electron chi connectivity index (χ4n) is 1.75. The van der Waals surface area contributed by atoms with Crippen LogP contribution in [0.3, 0.4) is 0 Å². The molecule has 0 aliphatic heterocycles. The lowest BCUT2D eigenvalue weighted by Gasteiger charge is -2.25. The maximum atomic E-state index is 12.6. The van der Waals surface area contributed by atoms with Crippen LogP contribution in [0.5, 0.6) is 0 Å². The molecule has 1 aromatic heterocycles. The summed E-state index contributed by atoms with van der Waals surface area (Å²) >= 11 is 0. The van der Waals surface area contributed by atoms with Crippen LogP contribution in [-0.4, -0.2) is 47.3 Å². The lowest BCUT2D eigenvalue weighted by atomic mass is 10.5. The summed E-state index contributed by atoms with van der Waals surface area (Å²) in [5.41, 5.74) is 2.26. The first-order chi connectivity index (χ1) is 9.84. The fourth-order valence-corrected chi connectivity index (χ4v) is 1.75. The van der Waals surface area contributed by atoms with Gasteiger partial charge >= 0.3 is 6.18 Å². The molecule has 3 N–H and O–H groups in total. The molecule has 0 saturated heterocycles. The SMILES string of the molecule is CCN(CC)c1nc(NN)nc(N(CC)CC(F)(F)F)n1. The van der Waals surface area contributed by atoms with Gasteiger partial charge in [-0.2, -0.15) is 28.1 Å². The molecule has 10 heteroatoms. The van der Waals surface area contributed by atoms with Gasteiger partial charge in [0.2, 0.25) is 17.8 Å². The van der Waals surface area contributed by atoms with Crippen molar-refractivity contribution in [1.82, 2.24) is 15.0 Å². The minimum Gasteiger partial charge on any atom is -0.341 e. The number of hydrogen-bond donors (Lipinski definition) is 2. The molecule has 1 rings (SSSR count). The number of anilines is 3. The largest absolute Gasteiger partial charge is 0.406 e. The van der Waals surface area contributed by atoms with Gasteiger partial charge in [0.15, 0.2) is 0 Å². The lowest BCUT2D eigenvalue weighted by molar-refractivity contribution is -0.119. The van der Waals surface area contributed by atoms with Crippen LogP contribution in [0.2, 0.25) is 0 Å². The molecular formula is C11H20F3N7. The number of alkyl halides is 3. The van der Waals surface area contributed by atoms with E-state index in [1.54, 1.807) is 11.8 Å². The lowest BCUT2D eigenvalue weighted by Crippen LogP contribution is -2.36. The van der Waals surface area contributed by atoms with Gasteiger partial charge in [-0.3, -0.25) is 5.43 Å². The second-order valence-corrected chi connectivity index (χ2v) is 4.20. The van der Waals surface area contributed by atoms with Crippen molar-refractivity contribution in [2.75, 3.05) is 41.4 Å². The Morgan fingerprint density at radius 2 is 1.43 bits per heavy atom. The van der Waals surface area contributed by atoms with E-state index < -0.39 is 12.7 Å². The average Bonchev–Trinajstić information content (AvgIpc) is 2.44. The Kier molecular flexibility index (Phi) is 5.94. The van der Waals surface area contributed by atoms with E-state index in [2.05, 4.69) is 20.4 Å². The van der Waals surface area contributed by atoms with Crippen molar-refractivity contribution in [3.8, 4) is 0 Å². The number of rotatable bonds is 7. The fraction of sp³-hybridized carbons (Fsp3) is 0.727. The molecule has 0 radical (unpaired) electrons. The minimum absolute atomic E-state index is 0.0301. The smallest absolute Gasteiger partial charge is 0.341 e. The van der Waals surface area contributed by atoms with Gasteiger partial charge in [-0.25, -0.2) is 5.84 Å². The number of nitrogens with one attached hydrogen (secondary N) is 1. The van der Waals surface area contributed by atoms with Gasteiger partial charge in [-0.05, 0) is 20.8 Å². The molecule has 0 unspecified atom stereocenters. The normalized spacial score (nSPS) is 11.4. The van der Waals surface area contributed by atoms with Gasteiger partial charge in [0, 0.05) is 19.6 Å². The number of aromatic nitrogens is 3. The highest BCUT2D eigenvalue weighted by molar-refractivity contribution is 5.44. The molecule has 1 heterocycles. The van der Waals surface area contributed by atoms with Crippen LogP contribution >= 0.6 is 0 Å². The van der Waals surface area contributed by atoms with E-state index in [-0.39, 0.29) is 18.4 Å². The van der Waals surface area contributed by atoms with Crippen LogP contribution in [-0.2, 0) is 0 Å². The molecule has 0 saturated carbocycles. The highest BCUT2D eigenvalue weighted by Crippen LogP contribution is 2.21. The summed E-state index contributed by atoms with van der Waals surface area (Å²) in [6.07, 6.45) is -4.34. The number of halogens is 3. The Balaban J connectivity index is 3.18. The number of nitrogens with zero attached hydrogens (tertiary/aromatic N) is 5. The zero-order valence-corrected chi connectivity index (χ0v) is 12.3. The molecule has 0 amide bonds. The maximum Gasteiger partial charge on any atom is 0.406 e. The number of hydrazine groups is 1. The Morgan fingerprint density at radius 3 is 1.81 bits per heavy atom. The van der Waals surface area contributed by atoms with E-state index in [4.69, 9.17) is 5.84 Å². The van der Waals surface area contributed by atoms with Crippen LogP contribution < -0.4 is 21.1 Å². The molecule has 7 nitrogen and oxygen atoms in total. The summed E-state index contributed by atoms with van der Waals surface area (Å²) in [5.74, 6) is 5.54. The van der Waals surface area contributed by atoms with Gasteiger partial charge in [-0.15, -0.1) is 0 Å². The summed E-state index contributed by atoms with van der Waals surface area (Å²) in [5, 5.41) is 0. The van der Waals surface area contributed by atoms with Gasteiger partial charge in [0.25, 0.3) is 0 Å². The van der Waals surface area contributed by atoms with Crippen molar-refractivity contribution in [1.29, 1.82) is 0 Å². The van der Waals surface area contributed by atoms with Gasteiger partial charge in [0.05, 0.1) is 0 Å². The first-order valence-electron chi connectivity index (χ1n) is 6.63. The quantitative estimate of drug-likeness (QED) is 0.582. The molecule has 0 fully saturated rings. The summed E-state index contributed by atoms with van der Waals surface area (Å²) in [6, 6.07) is 0. The van der Waals surface area contributed by atoms with Gasteiger partial charge in [0.1, 0.15) is 6.54 Å². The second-order valence-electron chi connectivity index (χ2n) is 4.20. The van der Waals surface area contributed by atoms with E-state index in [1.807, 2.05) is 13.8 Å². The molecule has 0 aromatic carbocycles. The Bertz CT molecular complexity index is 448. The van der Waals surface area contributed by atoms with Crippen molar-refractivity contribution in [3.63, 3.8) is 0 Å². The molecule has 0 aliphatic rings. The van der Waals surface area contributed by atoms with E-state index in [9.17, 15) is 13.2 Å². The molecule has 120 valence electrons. The molecule has 1 aromatic rings. The third kappa shape index (κ3) is 4.88. The molecule has 0 aliphatic carbocycles. The van der Waals surface area contributed by atoms with Crippen LogP contribution in [0.15, 0.2) is 0 Å². The van der Waals surface area contributed by atoms with Crippen LogP contribution in [0.4, 0.5) is 31.0 Å². The Hall–Kier alpha value is -1.84. The predicted molar refractivity (Wildman–Crippen MR) is 75.1 cm³/mol. The monoisotopic (exact) mass is 307 g/mol. The third-order valence-electron chi connectivity index (χ3n) is 2.82. The highest BCUT2D eigenvalue weighted by Gasteiger charge is 2.31. The number of nitrogens with two attached hydrogens (primary N) is 1. The predicted octanol–water partition coefficient (Wildman–Crippen LogP) is 1.39. The molecule has 0 atom stereocenters. The zero-order chi connectivity index (χ0) is 16.0. The van der Waals surface area contributed by atoms with Gasteiger partial charge < -0.3 is 9.80 Å². The average molecular weight is 307 g/mol. The summed E-state index contributed by atoms with van der Waals surface area (Å²) < 4.78 is 37.8. The molecule has 0 spiro atoms. The first-order valence-corrected chi connectivity index (χ1v) is 6.63. The summed E-state index contributed by atoms with van der Waals surface area (Å²) in [6.45, 7) is 5.62. The minimum atomic E-state index is -4.34. The van der Waals surface area contributed by atoms with Crippen molar-refractivity contribution >= 4 is 17.8 Å². The molecular weight excluding hydrogens is 287 g/mol. The van der Waals surface area contributed by atoms with Gasteiger partial charge in [-0.1, -0.05) is 0 Å². The van der Waals surface area contributed by atoms with Crippen molar-refractivity contribution in [2.45, 2.75) is 26.9 Å². The van der Waals surface area contributed by atoms with E-state index in [0.717, 1.165) is 4.90 Å². The van der Waals surface area contributed by atoms with E-state index in [0.29, 0.717) is 19.0 Å². The first kappa shape index (κ1) is 17.2. The van der Waals surface area contributed by atoms with Crippen molar-refractivity contribution in [3.05, 3.63) is 0 Å². The molecule has 0 bridgehead atoms.